The van der Waals surface area contributed by atoms with Crippen molar-refractivity contribution in [3.8, 4) is 5.69 Å². The molecule has 2 amide bonds. The summed E-state index contributed by atoms with van der Waals surface area (Å²) in [6, 6.07) is 15.0. The fraction of sp³-hybridized carbons (Fsp3) is 0.100. The van der Waals surface area contributed by atoms with Crippen LogP contribution < -0.4 is 10.7 Å². The van der Waals surface area contributed by atoms with E-state index in [2.05, 4.69) is 68.2 Å². The van der Waals surface area contributed by atoms with Crippen LogP contribution in [0.1, 0.15) is 17.0 Å². The Morgan fingerprint density at radius 3 is 2.39 bits per heavy atom. The van der Waals surface area contributed by atoms with Gasteiger partial charge in [0, 0.05) is 41.7 Å². The predicted molar refractivity (Wildman–Crippen MR) is 125 cm³/mol. The van der Waals surface area contributed by atoms with E-state index in [1.807, 2.05) is 56.3 Å². The first-order chi connectivity index (χ1) is 13.4. The maximum Gasteiger partial charge on any atom is 0.339 e. The van der Waals surface area contributed by atoms with Crippen molar-refractivity contribution in [3.05, 3.63) is 78.9 Å². The summed E-state index contributed by atoms with van der Waals surface area (Å²) in [7, 11) is 0. The summed E-state index contributed by atoms with van der Waals surface area (Å²) in [4.78, 5) is 12.0. The van der Waals surface area contributed by atoms with E-state index in [1.165, 1.54) is 0 Å². The number of aromatic nitrogens is 1. The van der Waals surface area contributed by atoms with Crippen LogP contribution in [0, 0.1) is 13.8 Å². The smallest absolute Gasteiger partial charge is 0.317 e. The molecule has 3 aromatic rings. The third kappa shape index (κ3) is 4.74. The molecule has 0 spiro atoms. The van der Waals surface area contributed by atoms with Crippen LogP contribution in [0.5, 0.6) is 0 Å². The van der Waals surface area contributed by atoms with E-state index < -0.39 is 6.03 Å². The number of nitrogens with zero attached hydrogens (tertiary/aromatic N) is 2. The number of anilines is 1. The largest absolute Gasteiger partial charge is 0.339 e. The molecule has 1 heterocycles. The van der Waals surface area contributed by atoms with E-state index in [1.54, 1.807) is 12.3 Å². The molecule has 2 aromatic carbocycles. The highest BCUT2D eigenvalue weighted by Crippen LogP contribution is 2.30. The summed E-state index contributed by atoms with van der Waals surface area (Å²) in [5, 5.41) is 6.83. The van der Waals surface area contributed by atoms with Crippen molar-refractivity contribution < 1.29 is 4.79 Å². The molecule has 0 radical (unpaired) electrons. The Bertz CT molecular complexity index is 1040. The van der Waals surface area contributed by atoms with Gasteiger partial charge >= 0.3 is 6.03 Å². The fourth-order valence-corrected chi connectivity index (χ4v) is 4.06. The minimum atomic E-state index is -0.410. The molecule has 2 N–H and O–H groups in total. The van der Waals surface area contributed by atoms with Crippen molar-refractivity contribution in [2.24, 2.45) is 5.10 Å². The zero-order valence-electron chi connectivity index (χ0n) is 15.1. The van der Waals surface area contributed by atoms with E-state index in [0.29, 0.717) is 5.69 Å². The SMILES string of the molecule is Cc1c(Br)c(/C=N/NC(=O)Nc2cccc(Br)c2)c(C)n1-c1ccc(Br)cc1. The first-order valence-corrected chi connectivity index (χ1v) is 10.7. The summed E-state index contributed by atoms with van der Waals surface area (Å²) >= 11 is 10.5. The third-order valence-electron chi connectivity index (χ3n) is 4.14. The minimum Gasteiger partial charge on any atom is -0.317 e. The van der Waals surface area contributed by atoms with Gasteiger partial charge in [-0.3, -0.25) is 0 Å². The monoisotopic (exact) mass is 566 g/mol. The number of carbonyl (C=O) groups is 1. The minimum absolute atomic E-state index is 0.410. The van der Waals surface area contributed by atoms with Gasteiger partial charge in [-0.15, -0.1) is 0 Å². The Balaban J connectivity index is 1.76. The van der Waals surface area contributed by atoms with Gasteiger partial charge in [-0.25, -0.2) is 10.2 Å². The molecule has 8 heteroatoms. The molecule has 0 saturated heterocycles. The topological polar surface area (TPSA) is 58.4 Å². The van der Waals surface area contributed by atoms with Crippen molar-refractivity contribution in [2.75, 3.05) is 5.32 Å². The normalized spacial score (nSPS) is 11.0. The highest BCUT2D eigenvalue weighted by atomic mass is 79.9. The second kappa shape index (κ2) is 9.07. The number of carbonyl (C=O) groups excluding carboxylic acids is 1. The van der Waals surface area contributed by atoms with Crippen LogP contribution in [0.3, 0.4) is 0 Å². The molecule has 0 unspecified atom stereocenters. The van der Waals surface area contributed by atoms with Gasteiger partial charge in [-0.05, 0) is 72.2 Å². The van der Waals surface area contributed by atoms with Gasteiger partial charge < -0.3 is 9.88 Å². The summed E-state index contributed by atoms with van der Waals surface area (Å²) in [5.41, 5.74) is 7.21. The molecule has 0 fully saturated rings. The van der Waals surface area contributed by atoms with Gasteiger partial charge in [0.15, 0.2) is 0 Å². The number of nitrogens with one attached hydrogen (secondary N) is 2. The van der Waals surface area contributed by atoms with Gasteiger partial charge in [0.1, 0.15) is 0 Å². The molecule has 28 heavy (non-hydrogen) atoms. The number of hydrogen-bond acceptors (Lipinski definition) is 2. The Kier molecular flexibility index (Phi) is 6.74. The van der Waals surface area contributed by atoms with Gasteiger partial charge in [0.2, 0.25) is 0 Å². The first kappa shape index (κ1) is 20.8. The Labute approximate surface area is 188 Å². The molecule has 0 aliphatic heterocycles. The number of urea groups is 1. The van der Waals surface area contributed by atoms with E-state index in [0.717, 1.165) is 36.1 Å². The van der Waals surface area contributed by atoms with Crippen LogP contribution in [-0.4, -0.2) is 16.8 Å². The molecular weight excluding hydrogens is 552 g/mol. The molecule has 1 aromatic heterocycles. The lowest BCUT2D eigenvalue weighted by Gasteiger charge is -2.09. The van der Waals surface area contributed by atoms with E-state index in [4.69, 9.17) is 0 Å². The van der Waals surface area contributed by atoms with Gasteiger partial charge in [0.05, 0.1) is 6.21 Å². The molecule has 3 rings (SSSR count). The zero-order chi connectivity index (χ0) is 20.3. The number of hydrazone groups is 1. The predicted octanol–water partition coefficient (Wildman–Crippen LogP) is 6.54. The summed E-state index contributed by atoms with van der Waals surface area (Å²) < 4.78 is 4.99. The van der Waals surface area contributed by atoms with Gasteiger partial charge in [-0.2, -0.15) is 5.10 Å². The standard InChI is InChI=1S/C20H17Br3N4O/c1-12-18(11-24-26-20(28)25-16-5-3-4-15(22)10-16)19(23)13(2)27(12)17-8-6-14(21)7-9-17/h3-11H,1-2H3,(H2,25,26,28)/b24-11+. The lowest BCUT2D eigenvalue weighted by atomic mass is 10.2. The number of benzene rings is 2. The van der Waals surface area contributed by atoms with Crippen molar-refractivity contribution in [3.63, 3.8) is 0 Å². The summed E-state index contributed by atoms with van der Waals surface area (Å²) in [6.07, 6.45) is 1.64. The van der Waals surface area contributed by atoms with Crippen LogP contribution in [0.4, 0.5) is 10.5 Å². The van der Waals surface area contributed by atoms with Gasteiger partial charge in [-0.1, -0.05) is 37.9 Å². The van der Waals surface area contributed by atoms with E-state index >= 15 is 0 Å². The average Bonchev–Trinajstić information content (AvgIpc) is 2.86. The van der Waals surface area contributed by atoms with Crippen molar-refractivity contribution >= 4 is 65.7 Å². The van der Waals surface area contributed by atoms with Crippen LogP contribution >= 0.6 is 47.8 Å². The number of amides is 2. The lowest BCUT2D eigenvalue weighted by Crippen LogP contribution is -2.24. The molecule has 0 aliphatic carbocycles. The average molecular weight is 569 g/mol. The summed E-state index contributed by atoms with van der Waals surface area (Å²) in [5.74, 6) is 0. The zero-order valence-corrected chi connectivity index (χ0v) is 19.9. The number of hydrogen-bond donors (Lipinski definition) is 2. The second-order valence-electron chi connectivity index (χ2n) is 6.04. The number of rotatable bonds is 4. The quantitative estimate of drug-likeness (QED) is 0.273. The molecule has 0 atom stereocenters. The summed E-state index contributed by atoms with van der Waals surface area (Å²) in [6.45, 7) is 4.05. The molecule has 0 aliphatic rings. The van der Waals surface area contributed by atoms with Crippen LogP contribution in [-0.2, 0) is 0 Å². The molecule has 0 saturated carbocycles. The molecule has 144 valence electrons. The van der Waals surface area contributed by atoms with Crippen molar-refractivity contribution in [1.82, 2.24) is 9.99 Å². The van der Waals surface area contributed by atoms with Gasteiger partial charge in [0.25, 0.3) is 0 Å². The third-order valence-corrected chi connectivity index (χ3v) is 6.16. The second-order valence-corrected chi connectivity index (χ2v) is 8.67. The maximum absolute atomic E-state index is 12.0. The van der Waals surface area contributed by atoms with Crippen molar-refractivity contribution in [2.45, 2.75) is 13.8 Å². The molecule has 0 bridgehead atoms. The van der Waals surface area contributed by atoms with Crippen LogP contribution in [0.25, 0.3) is 5.69 Å². The Morgan fingerprint density at radius 1 is 1.00 bits per heavy atom. The molecular formula is C20H17Br3N4O. The van der Waals surface area contributed by atoms with E-state index in [9.17, 15) is 4.79 Å². The maximum atomic E-state index is 12.0. The highest BCUT2D eigenvalue weighted by Gasteiger charge is 2.15. The van der Waals surface area contributed by atoms with Crippen LogP contribution in [0.2, 0.25) is 0 Å². The lowest BCUT2D eigenvalue weighted by molar-refractivity contribution is 0.252. The first-order valence-electron chi connectivity index (χ1n) is 8.36. The molecule has 5 nitrogen and oxygen atoms in total. The Morgan fingerprint density at radius 2 is 1.71 bits per heavy atom. The Hall–Kier alpha value is -1.90. The number of halogens is 3. The van der Waals surface area contributed by atoms with E-state index in [-0.39, 0.29) is 0 Å². The van der Waals surface area contributed by atoms with Crippen molar-refractivity contribution in [1.29, 1.82) is 0 Å². The van der Waals surface area contributed by atoms with Crippen LogP contribution in [0.15, 0.2) is 67.1 Å². The highest BCUT2D eigenvalue weighted by molar-refractivity contribution is 9.11. The fourth-order valence-electron chi connectivity index (χ4n) is 2.83.